The van der Waals surface area contributed by atoms with Crippen LogP contribution in [-0.4, -0.2) is 43.0 Å². The van der Waals surface area contributed by atoms with Crippen molar-refractivity contribution in [2.45, 2.75) is 13.8 Å². The van der Waals surface area contributed by atoms with E-state index in [4.69, 9.17) is 9.47 Å². The van der Waals surface area contributed by atoms with Crippen LogP contribution in [0.2, 0.25) is 0 Å². The van der Waals surface area contributed by atoms with Crippen molar-refractivity contribution < 1.29 is 19.1 Å². The minimum Gasteiger partial charge on any atom is -0.484 e. The summed E-state index contributed by atoms with van der Waals surface area (Å²) in [6.45, 7) is 5.03. The van der Waals surface area contributed by atoms with Crippen molar-refractivity contribution in [3.63, 3.8) is 0 Å². The van der Waals surface area contributed by atoms with Gasteiger partial charge in [-0.05, 0) is 38.1 Å². The summed E-state index contributed by atoms with van der Waals surface area (Å²) in [7, 11) is 0. The van der Waals surface area contributed by atoms with Crippen LogP contribution in [0.25, 0.3) is 0 Å². The normalized spacial score (nSPS) is 10.1. The van der Waals surface area contributed by atoms with Gasteiger partial charge in [0, 0.05) is 24.8 Å². The highest BCUT2D eigenvalue weighted by Gasteiger charge is 2.10. The number of anilines is 1. The molecule has 1 N–H and O–H groups in total. The van der Waals surface area contributed by atoms with Gasteiger partial charge in [0.15, 0.2) is 13.2 Å². The third-order valence-electron chi connectivity index (χ3n) is 3.71. The molecule has 138 valence electrons. The zero-order valence-electron chi connectivity index (χ0n) is 15.1. The van der Waals surface area contributed by atoms with Crippen LogP contribution >= 0.6 is 0 Å². The summed E-state index contributed by atoms with van der Waals surface area (Å²) >= 11 is 0. The monoisotopic (exact) mass is 356 g/mol. The second-order valence-electron chi connectivity index (χ2n) is 5.53. The van der Waals surface area contributed by atoms with Gasteiger partial charge < -0.3 is 19.7 Å². The zero-order valence-corrected chi connectivity index (χ0v) is 15.1. The minimum atomic E-state index is -0.273. The lowest BCUT2D eigenvalue weighted by molar-refractivity contribution is -0.133. The Labute approximate surface area is 153 Å². The smallest absolute Gasteiger partial charge is 0.262 e. The lowest BCUT2D eigenvalue weighted by Crippen LogP contribution is -2.34. The molecule has 0 saturated carbocycles. The molecule has 0 radical (unpaired) electrons. The first kappa shape index (κ1) is 19.3. The van der Waals surface area contributed by atoms with Crippen LogP contribution in [0.4, 0.5) is 5.69 Å². The van der Waals surface area contributed by atoms with Crippen LogP contribution in [0, 0.1) is 0 Å². The molecule has 0 fully saturated rings. The van der Waals surface area contributed by atoms with E-state index >= 15 is 0 Å². The molecule has 2 aromatic rings. The lowest BCUT2D eigenvalue weighted by atomic mass is 10.3. The first-order valence-electron chi connectivity index (χ1n) is 8.60. The van der Waals surface area contributed by atoms with E-state index in [1.54, 1.807) is 41.3 Å². The Morgan fingerprint density at radius 3 is 2.23 bits per heavy atom. The molecule has 2 amide bonds. The van der Waals surface area contributed by atoms with Crippen LogP contribution in [0.3, 0.4) is 0 Å². The van der Waals surface area contributed by atoms with Crippen molar-refractivity contribution >= 4 is 17.5 Å². The SMILES string of the molecule is CCN(CC)C(=O)COc1cccc(NC(=O)COc2ccccc2)c1. The molecule has 6 heteroatoms. The quantitative estimate of drug-likeness (QED) is 0.750. The second kappa shape index (κ2) is 10.1. The van der Waals surface area contributed by atoms with Gasteiger partial charge in [0.25, 0.3) is 11.8 Å². The Morgan fingerprint density at radius 2 is 1.54 bits per heavy atom. The third-order valence-corrected chi connectivity index (χ3v) is 3.71. The highest BCUT2D eigenvalue weighted by molar-refractivity contribution is 5.92. The number of amides is 2. The maximum absolute atomic E-state index is 12.0. The maximum Gasteiger partial charge on any atom is 0.262 e. The summed E-state index contributed by atoms with van der Waals surface area (Å²) in [5.41, 5.74) is 0.583. The van der Waals surface area contributed by atoms with Crippen molar-refractivity contribution in [3.05, 3.63) is 54.6 Å². The molecule has 2 rings (SSSR count). The first-order chi connectivity index (χ1) is 12.6. The summed E-state index contributed by atoms with van der Waals surface area (Å²) < 4.78 is 10.9. The Morgan fingerprint density at radius 1 is 0.885 bits per heavy atom. The Kier molecular flexibility index (Phi) is 7.49. The second-order valence-corrected chi connectivity index (χ2v) is 5.53. The van der Waals surface area contributed by atoms with E-state index in [-0.39, 0.29) is 25.0 Å². The number of carbonyl (C=O) groups is 2. The molecule has 0 atom stereocenters. The summed E-state index contributed by atoms with van der Waals surface area (Å²) in [5.74, 6) is 0.813. The predicted octanol–water partition coefficient (Wildman–Crippen LogP) is 2.95. The van der Waals surface area contributed by atoms with Crippen LogP contribution in [0.15, 0.2) is 54.6 Å². The number of nitrogens with one attached hydrogen (secondary N) is 1. The van der Waals surface area contributed by atoms with Crippen LogP contribution in [-0.2, 0) is 9.59 Å². The molecule has 0 saturated heterocycles. The molecule has 0 aliphatic heterocycles. The van der Waals surface area contributed by atoms with Gasteiger partial charge in [0.1, 0.15) is 11.5 Å². The summed E-state index contributed by atoms with van der Waals surface area (Å²) in [4.78, 5) is 25.7. The van der Waals surface area contributed by atoms with E-state index in [1.165, 1.54) is 0 Å². The first-order valence-corrected chi connectivity index (χ1v) is 8.60. The zero-order chi connectivity index (χ0) is 18.8. The van der Waals surface area contributed by atoms with Crippen LogP contribution < -0.4 is 14.8 Å². The van der Waals surface area contributed by atoms with E-state index in [9.17, 15) is 9.59 Å². The fourth-order valence-electron chi connectivity index (χ4n) is 2.34. The van der Waals surface area contributed by atoms with Gasteiger partial charge in [0.2, 0.25) is 0 Å². The van der Waals surface area contributed by atoms with Crippen LogP contribution in [0.1, 0.15) is 13.8 Å². The average molecular weight is 356 g/mol. The van der Waals surface area contributed by atoms with E-state index in [2.05, 4.69) is 5.32 Å². The van der Waals surface area contributed by atoms with Gasteiger partial charge >= 0.3 is 0 Å². The number of hydrogen-bond acceptors (Lipinski definition) is 4. The van der Waals surface area contributed by atoms with Gasteiger partial charge in [-0.2, -0.15) is 0 Å². The largest absolute Gasteiger partial charge is 0.484 e. The highest BCUT2D eigenvalue weighted by atomic mass is 16.5. The number of benzene rings is 2. The number of para-hydroxylation sites is 1. The van der Waals surface area contributed by atoms with Crippen molar-refractivity contribution in [2.75, 3.05) is 31.6 Å². The number of rotatable bonds is 9. The number of carbonyl (C=O) groups excluding carboxylic acids is 2. The number of nitrogens with zero attached hydrogens (tertiary/aromatic N) is 1. The standard InChI is InChI=1S/C20H24N2O4/c1-3-22(4-2)20(24)15-26-18-12-8-9-16(13-18)21-19(23)14-25-17-10-6-5-7-11-17/h5-13H,3-4,14-15H2,1-2H3,(H,21,23). The molecule has 0 aliphatic carbocycles. The molecule has 6 nitrogen and oxygen atoms in total. The minimum absolute atomic E-state index is 0.0315. The molecular formula is C20H24N2O4. The van der Waals surface area contributed by atoms with Crippen molar-refractivity contribution in [1.82, 2.24) is 4.90 Å². The molecule has 0 spiro atoms. The van der Waals surface area contributed by atoms with Crippen LogP contribution in [0.5, 0.6) is 11.5 Å². The van der Waals surface area contributed by atoms with Gasteiger partial charge in [-0.3, -0.25) is 9.59 Å². The Balaban J connectivity index is 1.84. The highest BCUT2D eigenvalue weighted by Crippen LogP contribution is 2.17. The fourth-order valence-corrected chi connectivity index (χ4v) is 2.34. The van der Waals surface area contributed by atoms with Crippen molar-refractivity contribution in [2.24, 2.45) is 0 Å². The van der Waals surface area contributed by atoms with E-state index in [0.29, 0.717) is 30.3 Å². The Bertz CT molecular complexity index is 715. The predicted molar refractivity (Wildman–Crippen MR) is 100 cm³/mol. The third kappa shape index (κ3) is 6.12. The fraction of sp³-hybridized carbons (Fsp3) is 0.300. The molecule has 0 unspecified atom stereocenters. The van der Waals surface area contributed by atoms with E-state index in [0.717, 1.165) is 0 Å². The molecule has 26 heavy (non-hydrogen) atoms. The Hall–Kier alpha value is -3.02. The maximum atomic E-state index is 12.0. The molecule has 0 bridgehead atoms. The van der Waals surface area contributed by atoms with Gasteiger partial charge in [0.05, 0.1) is 0 Å². The van der Waals surface area contributed by atoms with Crippen molar-refractivity contribution in [1.29, 1.82) is 0 Å². The number of likely N-dealkylation sites (N-methyl/N-ethyl adjacent to an activating group) is 1. The summed E-state index contributed by atoms with van der Waals surface area (Å²) in [6, 6.07) is 16.1. The average Bonchev–Trinajstić information content (AvgIpc) is 2.67. The molecule has 0 heterocycles. The van der Waals surface area contributed by atoms with Gasteiger partial charge in [-0.25, -0.2) is 0 Å². The van der Waals surface area contributed by atoms with Gasteiger partial charge in [-0.1, -0.05) is 24.3 Å². The van der Waals surface area contributed by atoms with Crippen molar-refractivity contribution in [3.8, 4) is 11.5 Å². The number of ether oxygens (including phenoxy) is 2. The summed E-state index contributed by atoms with van der Waals surface area (Å²) in [5, 5.41) is 2.75. The molecular weight excluding hydrogens is 332 g/mol. The number of hydrogen-bond donors (Lipinski definition) is 1. The summed E-state index contributed by atoms with van der Waals surface area (Å²) in [6.07, 6.45) is 0. The van der Waals surface area contributed by atoms with E-state index < -0.39 is 0 Å². The molecule has 0 aromatic heterocycles. The van der Waals surface area contributed by atoms with E-state index in [1.807, 2.05) is 32.0 Å². The molecule has 2 aromatic carbocycles. The topological polar surface area (TPSA) is 67.9 Å². The van der Waals surface area contributed by atoms with Gasteiger partial charge in [-0.15, -0.1) is 0 Å². The lowest BCUT2D eigenvalue weighted by Gasteiger charge is -2.18. The molecule has 0 aliphatic rings.